The number of aromatic nitrogens is 2. The van der Waals surface area contributed by atoms with Crippen molar-refractivity contribution < 1.29 is 9.13 Å². The highest BCUT2D eigenvalue weighted by atomic mass is 14.9. The Hall–Kier alpha value is -2.48. The van der Waals surface area contributed by atoms with Crippen molar-refractivity contribution in [2.24, 2.45) is 0 Å². The Balaban J connectivity index is 1.70. The molecule has 0 atom stereocenters. The Kier molecular flexibility index (Phi) is 5.37. The lowest BCUT2D eigenvalue weighted by atomic mass is 10.1. The molecule has 3 aromatic rings. The Morgan fingerprint density at radius 3 is 1.62 bits per heavy atom. The van der Waals surface area contributed by atoms with Gasteiger partial charge in [0.2, 0.25) is 0 Å². The molecule has 0 amide bonds. The van der Waals surface area contributed by atoms with Crippen LogP contribution < -0.4 is 9.13 Å². The minimum atomic E-state index is 0.912. The lowest BCUT2D eigenvalue weighted by Crippen LogP contribution is -2.33. The maximum absolute atomic E-state index is 2.23. The predicted octanol–water partition coefficient (Wildman–Crippen LogP) is 3.95. The quantitative estimate of drug-likeness (QED) is 0.608. The monoisotopic (exact) mass is 318 g/mol. The normalized spacial score (nSPS) is 10.8. The van der Waals surface area contributed by atoms with Crippen LogP contribution in [0.1, 0.15) is 31.4 Å². The third kappa shape index (κ3) is 4.08. The average Bonchev–Trinajstić information content (AvgIpc) is 2.64. The molecule has 0 N–H and O–H groups in total. The molecule has 0 aliphatic heterocycles. The van der Waals surface area contributed by atoms with E-state index in [4.69, 9.17) is 0 Å². The number of benzene rings is 1. The maximum atomic E-state index is 2.23. The predicted molar refractivity (Wildman–Crippen MR) is 97.5 cm³/mol. The van der Waals surface area contributed by atoms with Crippen molar-refractivity contribution in [1.82, 2.24) is 0 Å². The lowest BCUT2D eigenvalue weighted by molar-refractivity contribution is -0.696. The summed E-state index contributed by atoms with van der Waals surface area (Å²) < 4.78 is 4.46. The van der Waals surface area contributed by atoms with E-state index < -0.39 is 0 Å². The van der Waals surface area contributed by atoms with Crippen molar-refractivity contribution in [3.05, 3.63) is 84.4 Å². The molecule has 2 aromatic heterocycles. The van der Waals surface area contributed by atoms with Crippen molar-refractivity contribution in [2.45, 2.75) is 39.8 Å². The summed E-state index contributed by atoms with van der Waals surface area (Å²) in [5.74, 6) is 0. The summed E-state index contributed by atoms with van der Waals surface area (Å²) in [4.78, 5) is 0. The van der Waals surface area contributed by atoms with Crippen molar-refractivity contribution in [3.8, 4) is 11.1 Å². The van der Waals surface area contributed by atoms with Gasteiger partial charge in [0, 0.05) is 36.2 Å². The van der Waals surface area contributed by atoms with E-state index in [1.165, 1.54) is 22.3 Å². The molecule has 0 fully saturated rings. The molecular weight excluding hydrogens is 292 g/mol. The molecule has 0 aliphatic rings. The first-order valence-electron chi connectivity index (χ1n) is 8.85. The van der Waals surface area contributed by atoms with Gasteiger partial charge in [-0.05, 0) is 23.1 Å². The first-order chi connectivity index (χ1) is 11.8. The number of hydrogen-bond acceptors (Lipinski definition) is 0. The largest absolute Gasteiger partial charge is 0.205 e. The summed E-state index contributed by atoms with van der Waals surface area (Å²) in [6.45, 7) is 6.38. The van der Waals surface area contributed by atoms with E-state index in [1.807, 2.05) is 0 Å². The van der Waals surface area contributed by atoms with Gasteiger partial charge in [0.15, 0.2) is 31.3 Å². The topological polar surface area (TPSA) is 7.76 Å². The number of hydrogen-bond donors (Lipinski definition) is 0. The van der Waals surface area contributed by atoms with Crippen molar-refractivity contribution in [3.63, 3.8) is 0 Å². The Morgan fingerprint density at radius 1 is 0.625 bits per heavy atom. The zero-order chi connectivity index (χ0) is 16.8. The van der Waals surface area contributed by atoms with Gasteiger partial charge >= 0.3 is 0 Å². The fraction of sp³-hybridized carbons (Fsp3) is 0.273. The van der Waals surface area contributed by atoms with E-state index in [-0.39, 0.29) is 0 Å². The first-order valence-corrected chi connectivity index (χ1v) is 8.85. The third-order valence-corrected chi connectivity index (χ3v) is 4.39. The van der Waals surface area contributed by atoms with Crippen molar-refractivity contribution in [1.29, 1.82) is 0 Å². The van der Waals surface area contributed by atoms with Gasteiger partial charge in [0.05, 0.1) is 0 Å². The molecule has 0 aliphatic carbocycles. The molecule has 3 rings (SSSR count). The van der Waals surface area contributed by atoms with Crippen molar-refractivity contribution in [2.75, 3.05) is 0 Å². The number of nitrogens with zero attached hydrogens (tertiary/aromatic N) is 2. The summed E-state index contributed by atoms with van der Waals surface area (Å²) in [5.41, 5.74) is 5.26. The first kappa shape index (κ1) is 16.4. The molecule has 0 saturated heterocycles. The molecule has 2 nitrogen and oxygen atoms in total. The minimum Gasteiger partial charge on any atom is -0.205 e. The van der Waals surface area contributed by atoms with Crippen LogP contribution >= 0.6 is 0 Å². The molecule has 2 heteroatoms. The smallest absolute Gasteiger partial charge is 0.173 e. The summed E-state index contributed by atoms with van der Waals surface area (Å²) in [6.07, 6.45) is 10.9. The molecule has 0 saturated carbocycles. The van der Waals surface area contributed by atoms with E-state index >= 15 is 0 Å². The van der Waals surface area contributed by atoms with Gasteiger partial charge in [0.25, 0.3) is 0 Å². The van der Waals surface area contributed by atoms with Crippen LogP contribution in [0.25, 0.3) is 11.1 Å². The van der Waals surface area contributed by atoms with Gasteiger partial charge in [-0.15, -0.1) is 0 Å². The third-order valence-electron chi connectivity index (χ3n) is 4.39. The van der Waals surface area contributed by atoms with Gasteiger partial charge in [-0.25, -0.2) is 9.13 Å². The Labute approximate surface area is 145 Å². The summed E-state index contributed by atoms with van der Waals surface area (Å²) in [6, 6.07) is 17.7. The van der Waals surface area contributed by atoms with Crippen LogP contribution in [0.5, 0.6) is 0 Å². The second kappa shape index (κ2) is 7.87. The van der Waals surface area contributed by atoms with Crippen LogP contribution in [0.4, 0.5) is 0 Å². The van der Waals surface area contributed by atoms with Crippen LogP contribution in [0, 0.1) is 0 Å². The molecule has 122 valence electrons. The van der Waals surface area contributed by atoms with Gasteiger partial charge in [-0.1, -0.05) is 38.1 Å². The Morgan fingerprint density at radius 2 is 1.12 bits per heavy atom. The van der Waals surface area contributed by atoms with Gasteiger partial charge in [0.1, 0.15) is 6.54 Å². The molecule has 24 heavy (non-hydrogen) atoms. The van der Waals surface area contributed by atoms with Crippen molar-refractivity contribution >= 4 is 0 Å². The minimum absolute atomic E-state index is 0.912. The van der Waals surface area contributed by atoms with Crippen LogP contribution in [-0.2, 0) is 19.5 Å². The van der Waals surface area contributed by atoms with Crippen LogP contribution in [0.15, 0.2) is 73.3 Å². The van der Waals surface area contributed by atoms with E-state index in [2.05, 4.69) is 96.3 Å². The standard InChI is InChI=1S/C22H26N2/c1-3-13-23-14-9-21(10-15-23)22-11-16-24(17-12-22)18-20-7-5-19(4-2)6-8-20/h5-12,14-17H,3-4,13,18H2,1-2H3/q+2. The highest BCUT2D eigenvalue weighted by Gasteiger charge is 2.06. The fourth-order valence-electron chi connectivity index (χ4n) is 2.90. The van der Waals surface area contributed by atoms with E-state index in [0.29, 0.717) is 0 Å². The maximum Gasteiger partial charge on any atom is 0.173 e. The number of aryl methyl sites for hydroxylation is 2. The van der Waals surface area contributed by atoms with E-state index in [0.717, 1.165) is 25.9 Å². The van der Waals surface area contributed by atoms with Crippen LogP contribution in [0.2, 0.25) is 0 Å². The highest BCUT2D eigenvalue weighted by molar-refractivity contribution is 5.60. The zero-order valence-electron chi connectivity index (χ0n) is 14.7. The summed E-state index contributed by atoms with van der Waals surface area (Å²) in [5, 5.41) is 0. The average molecular weight is 318 g/mol. The highest BCUT2D eigenvalue weighted by Crippen LogP contribution is 2.15. The molecule has 0 spiro atoms. The molecular formula is C22H26N2+2. The number of rotatable bonds is 6. The molecule has 0 radical (unpaired) electrons. The zero-order valence-corrected chi connectivity index (χ0v) is 14.7. The number of pyridine rings is 2. The summed E-state index contributed by atoms with van der Waals surface area (Å²) in [7, 11) is 0. The van der Waals surface area contributed by atoms with Gasteiger partial charge in [-0.2, -0.15) is 0 Å². The van der Waals surface area contributed by atoms with E-state index in [1.54, 1.807) is 0 Å². The Bertz CT molecular complexity index is 757. The molecule has 0 unspecified atom stereocenters. The second-order valence-electron chi connectivity index (χ2n) is 6.25. The molecule has 2 heterocycles. The van der Waals surface area contributed by atoms with Gasteiger partial charge < -0.3 is 0 Å². The molecule has 1 aromatic carbocycles. The fourth-order valence-corrected chi connectivity index (χ4v) is 2.90. The van der Waals surface area contributed by atoms with Crippen LogP contribution in [-0.4, -0.2) is 0 Å². The van der Waals surface area contributed by atoms with Gasteiger partial charge in [-0.3, -0.25) is 0 Å². The lowest BCUT2D eigenvalue weighted by Gasteiger charge is -2.02. The molecule has 0 bridgehead atoms. The van der Waals surface area contributed by atoms with E-state index in [9.17, 15) is 0 Å². The summed E-state index contributed by atoms with van der Waals surface area (Å²) >= 11 is 0. The SMILES string of the molecule is CCC[n+]1ccc(-c2cc[n+](Cc3ccc(CC)cc3)cc2)cc1. The second-order valence-corrected chi connectivity index (χ2v) is 6.25. The van der Waals surface area contributed by atoms with Crippen LogP contribution in [0.3, 0.4) is 0 Å².